The lowest BCUT2D eigenvalue weighted by molar-refractivity contribution is 1.29. The number of hydrogen-bond acceptors (Lipinski definition) is 1. The van der Waals surface area contributed by atoms with Gasteiger partial charge in [-0.15, -0.1) is 0 Å². The van der Waals surface area contributed by atoms with Crippen LogP contribution in [0.15, 0.2) is 224 Å². The van der Waals surface area contributed by atoms with Crippen LogP contribution in [0.3, 0.4) is 0 Å². The molecule has 0 saturated heterocycles. The number of fused-ring (bicyclic) bond motifs is 4. The van der Waals surface area contributed by atoms with E-state index in [1.54, 1.807) is 0 Å². The third kappa shape index (κ3) is 6.12. The van der Waals surface area contributed by atoms with Gasteiger partial charge in [-0.3, -0.25) is 0 Å². The molecule has 0 spiro atoms. The Kier molecular flexibility index (Phi) is 8.24. The Labute approximate surface area is 322 Å². The summed E-state index contributed by atoms with van der Waals surface area (Å²) in [6.45, 7) is 0. The Morgan fingerprint density at radius 2 is 0.709 bits per heavy atom. The minimum atomic E-state index is 1.10. The lowest BCUT2D eigenvalue weighted by Gasteiger charge is -2.26. The molecule has 0 unspecified atom stereocenters. The van der Waals surface area contributed by atoms with Gasteiger partial charge in [-0.05, 0) is 119 Å². The molecule has 1 heteroatoms. The zero-order valence-electron chi connectivity index (χ0n) is 30.3. The van der Waals surface area contributed by atoms with Crippen LogP contribution in [0.25, 0.3) is 76.8 Å². The van der Waals surface area contributed by atoms with Gasteiger partial charge < -0.3 is 4.90 Å². The van der Waals surface area contributed by atoms with Gasteiger partial charge in [-0.25, -0.2) is 0 Å². The largest absolute Gasteiger partial charge is 0.310 e. The molecule has 0 N–H and O–H groups in total. The normalized spacial score (nSPS) is 11.3. The highest BCUT2D eigenvalue weighted by Crippen LogP contribution is 2.41. The van der Waals surface area contributed by atoms with Crippen LogP contribution in [-0.4, -0.2) is 0 Å². The second-order valence-corrected chi connectivity index (χ2v) is 14.1. The van der Waals surface area contributed by atoms with E-state index in [9.17, 15) is 0 Å². The maximum Gasteiger partial charge on any atom is 0.0468 e. The minimum Gasteiger partial charge on any atom is -0.310 e. The summed E-state index contributed by atoms with van der Waals surface area (Å²) in [5.74, 6) is 0. The van der Waals surface area contributed by atoms with Crippen molar-refractivity contribution in [2.75, 3.05) is 4.90 Å². The van der Waals surface area contributed by atoms with Crippen molar-refractivity contribution in [3.8, 4) is 44.5 Å². The van der Waals surface area contributed by atoms with Gasteiger partial charge in [0.1, 0.15) is 0 Å². The smallest absolute Gasteiger partial charge is 0.0468 e. The minimum absolute atomic E-state index is 1.10. The van der Waals surface area contributed by atoms with Gasteiger partial charge in [0.15, 0.2) is 0 Å². The molecule has 1 nitrogen and oxygen atoms in total. The number of benzene rings is 10. The van der Waals surface area contributed by atoms with Gasteiger partial charge in [0.25, 0.3) is 0 Å². The average Bonchev–Trinajstić information content (AvgIpc) is 3.27. The van der Waals surface area contributed by atoms with Crippen molar-refractivity contribution >= 4 is 49.4 Å². The second kappa shape index (κ2) is 14.0. The highest BCUT2D eigenvalue weighted by molar-refractivity contribution is 6.08. The van der Waals surface area contributed by atoms with Crippen molar-refractivity contribution < 1.29 is 0 Å². The van der Waals surface area contributed by atoms with Crippen molar-refractivity contribution in [3.63, 3.8) is 0 Å². The van der Waals surface area contributed by atoms with Crippen molar-refractivity contribution in [2.24, 2.45) is 0 Å². The van der Waals surface area contributed by atoms with E-state index in [1.807, 2.05) is 0 Å². The van der Waals surface area contributed by atoms with E-state index in [-0.39, 0.29) is 0 Å². The molecule has 0 amide bonds. The molecular formula is C54H37N. The number of nitrogens with zero attached hydrogens (tertiary/aromatic N) is 1. The maximum atomic E-state index is 2.37. The lowest BCUT2D eigenvalue weighted by atomic mass is 9.91. The quantitative estimate of drug-likeness (QED) is 0.150. The number of hydrogen-bond donors (Lipinski definition) is 0. The average molecular weight is 700 g/mol. The second-order valence-electron chi connectivity index (χ2n) is 14.1. The first-order valence-electron chi connectivity index (χ1n) is 18.9. The van der Waals surface area contributed by atoms with Gasteiger partial charge in [-0.2, -0.15) is 0 Å². The lowest BCUT2D eigenvalue weighted by Crippen LogP contribution is -2.09. The fourth-order valence-corrected chi connectivity index (χ4v) is 8.11. The van der Waals surface area contributed by atoms with Gasteiger partial charge in [0.2, 0.25) is 0 Å². The van der Waals surface area contributed by atoms with E-state index >= 15 is 0 Å². The van der Waals surface area contributed by atoms with Crippen LogP contribution in [0.5, 0.6) is 0 Å². The molecule has 10 rings (SSSR count). The number of rotatable bonds is 7. The molecule has 258 valence electrons. The summed E-state index contributed by atoms with van der Waals surface area (Å²) in [5, 5.41) is 7.52. The first-order valence-corrected chi connectivity index (χ1v) is 18.9. The van der Waals surface area contributed by atoms with Crippen molar-refractivity contribution in [2.45, 2.75) is 0 Å². The van der Waals surface area contributed by atoms with Crippen LogP contribution in [0.1, 0.15) is 0 Å². The fraction of sp³-hybridized carbons (Fsp3) is 0. The molecule has 0 aromatic heterocycles. The van der Waals surface area contributed by atoms with Gasteiger partial charge in [0, 0.05) is 17.1 Å². The molecule has 55 heavy (non-hydrogen) atoms. The molecular weight excluding hydrogens is 663 g/mol. The standard InChI is InChI=1S/C54H37N/c1-3-12-39(13-4-1)52-34-28-44(37-54(52)41-14-5-2-6-15-41)38-24-29-46(30-25-38)55(48-33-35-53-45(36-48)23-22-42-17-8-10-20-50(42)53)47-31-26-43(27-32-47)51-21-11-18-40-16-7-9-19-49(40)51/h1-37H. The van der Waals surface area contributed by atoms with E-state index in [0.717, 1.165) is 17.1 Å². The van der Waals surface area contributed by atoms with Gasteiger partial charge in [0.05, 0.1) is 0 Å². The molecule has 0 aliphatic heterocycles. The summed E-state index contributed by atoms with van der Waals surface area (Å²) in [6.07, 6.45) is 0. The van der Waals surface area contributed by atoms with E-state index < -0.39 is 0 Å². The Hall–Kier alpha value is -7.22. The molecule has 0 saturated carbocycles. The topological polar surface area (TPSA) is 3.24 Å². The van der Waals surface area contributed by atoms with Crippen LogP contribution in [0.2, 0.25) is 0 Å². The summed E-state index contributed by atoms with van der Waals surface area (Å²) >= 11 is 0. The predicted molar refractivity (Wildman–Crippen MR) is 235 cm³/mol. The molecule has 0 aliphatic carbocycles. The molecule has 10 aromatic rings. The molecule has 10 aromatic carbocycles. The fourth-order valence-electron chi connectivity index (χ4n) is 8.11. The molecule has 0 atom stereocenters. The van der Waals surface area contributed by atoms with Crippen molar-refractivity contribution in [1.82, 2.24) is 0 Å². The van der Waals surface area contributed by atoms with E-state index in [4.69, 9.17) is 0 Å². The maximum absolute atomic E-state index is 2.37. The first kappa shape index (κ1) is 32.4. The highest BCUT2D eigenvalue weighted by atomic mass is 15.1. The SMILES string of the molecule is c1ccc(-c2ccc(-c3ccc(N(c4ccc(-c5cccc6ccccc56)cc4)c4ccc5c(ccc6ccccc65)c4)cc3)cc2-c2ccccc2)cc1. The van der Waals surface area contributed by atoms with Crippen molar-refractivity contribution in [3.05, 3.63) is 224 Å². The molecule has 0 bridgehead atoms. The predicted octanol–water partition coefficient (Wildman–Crippen LogP) is 15.3. The Morgan fingerprint density at radius 3 is 1.42 bits per heavy atom. The third-order valence-electron chi connectivity index (χ3n) is 10.9. The Bertz CT molecular complexity index is 2940. The van der Waals surface area contributed by atoms with Crippen LogP contribution >= 0.6 is 0 Å². The molecule has 0 fully saturated rings. The zero-order chi connectivity index (χ0) is 36.6. The Morgan fingerprint density at radius 1 is 0.218 bits per heavy atom. The van der Waals surface area contributed by atoms with Crippen LogP contribution in [0.4, 0.5) is 17.1 Å². The van der Waals surface area contributed by atoms with Crippen LogP contribution < -0.4 is 4.90 Å². The summed E-state index contributed by atoms with van der Waals surface area (Å²) < 4.78 is 0. The number of anilines is 3. The van der Waals surface area contributed by atoms with Gasteiger partial charge >= 0.3 is 0 Å². The monoisotopic (exact) mass is 699 g/mol. The third-order valence-corrected chi connectivity index (χ3v) is 10.9. The van der Waals surface area contributed by atoms with Crippen molar-refractivity contribution in [1.29, 1.82) is 0 Å². The highest BCUT2D eigenvalue weighted by Gasteiger charge is 2.16. The van der Waals surface area contributed by atoms with Crippen LogP contribution in [-0.2, 0) is 0 Å². The van der Waals surface area contributed by atoms with E-state index in [1.165, 1.54) is 76.8 Å². The first-order chi connectivity index (χ1) is 27.3. The summed E-state index contributed by atoms with van der Waals surface area (Å²) in [7, 11) is 0. The van der Waals surface area contributed by atoms with Crippen LogP contribution in [0, 0.1) is 0 Å². The summed E-state index contributed by atoms with van der Waals surface area (Å²) in [5.41, 5.74) is 13.0. The van der Waals surface area contributed by atoms with Gasteiger partial charge in [-0.1, -0.05) is 182 Å². The molecule has 0 heterocycles. The molecule has 0 radical (unpaired) electrons. The summed E-state index contributed by atoms with van der Waals surface area (Å²) in [4.78, 5) is 2.37. The van der Waals surface area contributed by atoms with E-state index in [2.05, 4.69) is 229 Å². The zero-order valence-corrected chi connectivity index (χ0v) is 30.3. The Balaban J connectivity index is 1.07. The van der Waals surface area contributed by atoms with E-state index in [0.29, 0.717) is 0 Å². The molecule has 0 aliphatic rings. The summed E-state index contributed by atoms with van der Waals surface area (Å²) in [6, 6.07) is 81.4.